The summed E-state index contributed by atoms with van der Waals surface area (Å²) >= 11 is 0. The fraction of sp³-hybridized carbons (Fsp3) is 0.208. The molecule has 1 aliphatic heterocycles. The first-order valence-electron chi connectivity index (χ1n) is 9.51. The van der Waals surface area contributed by atoms with Gasteiger partial charge in [-0.3, -0.25) is 0 Å². The third kappa shape index (κ3) is 2.73. The number of carbonyl (C=O) groups is 1. The number of hydrogen-bond donors (Lipinski definition) is 0. The number of carbonyl (C=O) groups excluding carboxylic acids is 1. The van der Waals surface area contributed by atoms with Gasteiger partial charge >= 0.3 is 0 Å². The number of carboxylic acids is 1. The van der Waals surface area contributed by atoms with Crippen molar-refractivity contribution in [1.82, 2.24) is 0 Å². The molecule has 0 fully saturated rings. The molecule has 0 spiro atoms. The van der Waals surface area contributed by atoms with E-state index in [2.05, 4.69) is 0 Å². The van der Waals surface area contributed by atoms with Gasteiger partial charge in [-0.2, -0.15) is 0 Å². The van der Waals surface area contributed by atoms with E-state index in [1.54, 1.807) is 7.11 Å². The van der Waals surface area contributed by atoms with Crippen LogP contribution in [0.5, 0.6) is 17.2 Å². The van der Waals surface area contributed by atoms with E-state index in [0.717, 1.165) is 22.3 Å². The molecule has 29 heavy (non-hydrogen) atoms. The summed E-state index contributed by atoms with van der Waals surface area (Å²) in [6.07, 6.45) is 0. The third-order valence-corrected chi connectivity index (χ3v) is 5.89. The van der Waals surface area contributed by atoms with E-state index in [9.17, 15) is 9.90 Å². The third-order valence-electron chi connectivity index (χ3n) is 5.89. The molecule has 3 aromatic carbocycles. The molecule has 0 saturated heterocycles. The molecular formula is C24H19O5-. The maximum atomic E-state index is 12.5. The summed E-state index contributed by atoms with van der Waals surface area (Å²) in [6.45, 7) is 0.174. The molecule has 3 atom stereocenters. The van der Waals surface area contributed by atoms with Crippen LogP contribution >= 0.6 is 0 Å². The van der Waals surface area contributed by atoms with Crippen LogP contribution in [0.2, 0.25) is 0 Å². The van der Waals surface area contributed by atoms with Crippen LogP contribution in [0.25, 0.3) is 0 Å². The van der Waals surface area contributed by atoms with Crippen LogP contribution in [0.15, 0.2) is 66.7 Å². The molecule has 5 rings (SSSR count). The van der Waals surface area contributed by atoms with Crippen LogP contribution in [0.4, 0.5) is 0 Å². The summed E-state index contributed by atoms with van der Waals surface area (Å²) in [5.41, 5.74) is 3.68. The van der Waals surface area contributed by atoms with Crippen molar-refractivity contribution in [1.29, 1.82) is 0 Å². The largest absolute Gasteiger partial charge is 0.550 e. The molecule has 5 heteroatoms. The lowest BCUT2D eigenvalue weighted by molar-refractivity contribution is -0.312. The van der Waals surface area contributed by atoms with E-state index >= 15 is 0 Å². The van der Waals surface area contributed by atoms with Crippen LogP contribution in [0, 0.1) is 5.92 Å². The highest BCUT2D eigenvalue weighted by Crippen LogP contribution is 2.54. The number of rotatable bonds is 4. The van der Waals surface area contributed by atoms with E-state index in [0.29, 0.717) is 17.2 Å². The normalized spacial score (nSPS) is 21.6. The minimum atomic E-state index is -1.08. The minimum Gasteiger partial charge on any atom is -0.550 e. The SMILES string of the molecule is COc1ccccc1C1c2ccccc2C(c2ccc3c(c2)OCO3)C1C(=O)[O-]. The monoisotopic (exact) mass is 387 g/mol. The Morgan fingerprint density at radius 1 is 0.897 bits per heavy atom. The molecule has 3 aromatic rings. The number of fused-ring (bicyclic) bond motifs is 2. The summed E-state index contributed by atoms with van der Waals surface area (Å²) < 4.78 is 16.5. The average molecular weight is 387 g/mol. The van der Waals surface area contributed by atoms with Gasteiger partial charge in [0.2, 0.25) is 6.79 Å². The van der Waals surface area contributed by atoms with Gasteiger partial charge < -0.3 is 24.1 Å². The van der Waals surface area contributed by atoms with Crippen molar-refractivity contribution in [2.75, 3.05) is 13.9 Å². The highest BCUT2D eigenvalue weighted by molar-refractivity contribution is 5.76. The molecule has 146 valence electrons. The zero-order valence-corrected chi connectivity index (χ0v) is 15.8. The number of benzene rings is 3. The smallest absolute Gasteiger partial charge is 0.231 e. The standard InChI is InChI=1S/C24H20O5/c1-27-18-9-5-4-8-17(18)22-16-7-3-2-6-15(16)21(23(22)24(25)26)14-10-11-19-20(12-14)29-13-28-19/h2-12,21-23H,13H2,1H3,(H,25,26)/p-1. The van der Waals surface area contributed by atoms with Gasteiger partial charge in [0.25, 0.3) is 0 Å². The Hall–Kier alpha value is -3.47. The zero-order valence-electron chi connectivity index (χ0n) is 15.8. The molecule has 0 bridgehead atoms. The quantitative estimate of drug-likeness (QED) is 0.688. The molecule has 0 radical (unpaired) electrons. The van der Waals surface area contributed by atoms with Gasteiger partial charge in [0.05, 0.1) is 7.11 Å². The highest BCUT2D eigenvalue weighted by Gasteiger charge is 2.44. The topological polar surface area (TPSA) is 67.8 Å². The fourth-order valence-electron chi connectivity index (χ4n) is 4.71. The van der Waals surface area contributed by atoms with Gasteiger partial charge in [0.1, 0.15) is 5.75 Å². The Balaban J connectivity index is 1.71. The molecular weight excluding hydrogens is 368 g/mol. The molecule has 3 unspecified atom stereocenters. The van der Waals surface area contributed by atoms with Crippen molar-refractivity contribution in [2.24, 2.45) is 5.92 Å². The fourth-order valence-corrected chi connectivity index (χ4v) is 4.71. The molecule has 2 aliphatic rings. The summed E-state index contributed by atoms with van der Waals surface area (Å²) in [5, 5.41) is 12.5. The average Bonchev–Trinajstić information content (AvgIpc) is 3.35. The van der Waals surface area contributed by atoms with Crippen LogP contribution in [0.3, 0.4) is 0 Å². The van der Waals surface area contributed by atoms with E-state index in [4.69, 9.17) is 14.2 Å². The summed E-state index contributed by atoms with van der Waals surface area (Å²) in [4.78, 5) is 12.5. The van der Waals surface area contributed by atoms with Crippen LogP contribution in [-0.4, -0.2) is 19.9 Å². The lowest BCUT2D eigenvalue weighted by atomic mass is 9.79. The molecule has 0 N–H and O–H groups in total. The van der Waals surface area contributed by atoms with Crippen molar-refractivity contribution in [3.63, 3.8) is 0 Å². The maximum Gasteiger partial charge on any atom is 0.231 e. The number of hydrogen-bond acceptors (Lipinski definition) is 5. The molecule has 1 aliphatic carbocycles. The van der Waals surface area contributed by atoms with Crippen LogP contribution in [0.1, 0.15) is 34.1 Å². The van der Waals surface area contributed by atoms with Crippen molar-refractivity contribution in [3.05, 3.63) is 89.0 Å². The number of carboxylic acid groups (broad SMARTS) is 1. The molecule has 1 heterocycles. The second-order valence-corrected chi connectivity index (χ2v) is 7.28. The Morgan fingerprint density at radius 2 is 1.55 bits per heavy atom. The Kier molecular flexibility index (Phi) is 4.16. The van der Waals surface area contributed by atoms with Gasteiger partial charge in [-0.25, -0.2) is 0 Å². The highest BCUT2D eigenvalue weighted by atomic mass is 16.7. The van der Waals surface area contributed by atoms with Crippen molar-refractivity contribution >= 4 is 5.97 Å². The lowest BCUT2D eigenvalue weighted by Gasteiger charge is -2.28. The minimum absolute atomic E-state index is 0.174. The first-order chi connectivity index (χ1) is 14.2. The van der Waals surface area contributed by atoms with Gasteiger partial charge in [-0.05, 0) is 34.9 Å². The summed E-state index contributed by atoms with van der Waals surface area (Å²) in [6, 6.07) is 21.1. The Morgan fingerprint density at radius 3 is 2.28 bits per heavy atom. The Labute approximate surface area is 168 Å². The molecule has 5 nitrogen and oxygen atoms in total. The van der Waals surface area contributed by atoms with Crippen LogP contribution in [-0.2, 0) is 4.79 Å². The number of methoxy groups -OCH3 is 1. The van der Waals surface area contributed by atoms with Gasteiger partial charge in [-0.1, -0.05) is 48.5 Å². The van der Waals surface area contributed by atoms with Gasteiger partial charge in [-0.15, -0.1) is 0 Å². The van der Waals surface area contributed by atoms with E-state index in [1.807, 2.05) is 66.7 Å². The first-order valence-corrected chi connectivity index (χ1v) is 9.51. The summed E-state index contributed by atoms with van der Waals surface area (Å²) in [7, 11) is 1.60. The van der Waals surface area contributed by atoms with Crippen molar-refractivity contribution in [2.45, 2.75) is 11.8 Å². The first kappa shape index (κ1) is 17.6. The number of aliphatic carboxylic acids is 1. The van der Waals surface area contributed by atoms with Crippen LogP contribution < -0.4 is 19.3 Å². The molecule has 0 saturated carbocycles. The Bertz CT molecular complexity index is 1090. The predicted octanol–water partition coefficient (Wildman–Crippen LogP) is 3.07. The second kappa shape index (κ2) is 6.85. The number of ether oxygens (including phenoxy) is 3. The molecule has 0 aromatic heterocycles. The van der Waals surface area contributed by atoms with E-state index < -0.39 is 11.9 Å². The molecule has 0 amide bonds. The lowest BCUT2D eigenvalue weighted by Crippen LogP contribution is -2.36. The maximum absolute atomic E-state index is 12.5. The summed E-state index contributed by atoms with van der Waals surface area (Å²) in [5.74, 6) is -0.610. The zero-order chi connectivity index (χ0) is 20.0. The van der Waals surface area contributed by atoms with Crippen molar-refractivity contribution in [3.8, 4) is 17.2 Å². The second-order valence-electron chi connectivity index (χ2n) is 7.28. The van der Waals surface area contributed by atoms with Gasteiger partial charge in [0.15, 0.2) is 11.5 Å². The predicted molar refractivity (Wildman–Crippen MR) is 104 cm³/mol. The van der Waals surface area contributed by atoms with Crippen molar-refractivity contribution < 1.29 is 24.1 Å². The van der Waals surface area contributed by atoms with E-state index in [-0.39, 0.29) is 18.6 Å². The van der Waals surface area contributed by atoms with E-state index in [1.165, 1.54) is 0 Å². The number of para-hydroxylation sites is 1. The van der Waals surface area contributed by atoms with Gasteiger partial charge in [0, 0.05) is 29.3 Å².